The lowest BCUT2D eigenvalue weighted by atomic mass is 10.00. The second-order valence-corrected chi connectivity index (χ2v) is 8.39. The van der Waals surface area contributed by atoms with Crippen LogP contribution in [-0.4, -0.2) is 48.1 Å². The molecule has 0 saturated carbocycles. The maximum atomic E-state index is 12.0. The van der Waals surface area contributed by atoms with E-state index in [0.29, 0.717) is 11.5 Å². The molecule has 5 nitrogen and oxygen atoms in total. The lowest BCUT2D eigenvalue weighted by molar-refractivity contribution is -0.117. The Bertz CT molecular complexity index is 693. The summed E-state index contributed by atoms with van der Waals surface area (Å²) in [4.78, 5) is 16.5. The van der Waals surface area contributed by atoms with E-state index in [1.54, 1.807) is 0 Å². The third-order valence-electron chi connectivity index (χ3n) is 5.95. The molecule has 1 amide bonds. The van der Waals surface area contributed by atoms with E-state index in [9.17, 15) is 4.79 Å². The molecule has 3 rings (SSSR count). The van der Waals surface area contributed by atoms with E-state index in [4.69, 9.17) is 12.2 Å². The summed E-state index contributed by atoms with van der Waals surface area (Å²) in [7, 11) is 0. The van der Waals surface area contributed by atoms with Gasteiger partial charge in [0.15, 0.2) is 5.11 Å². The van der Waals surface area contributed by atoms with Gasteiger partial charge in [-0.2, -0.15) is 0 Å². The van der Waals surface area contributed by atoms with Crippen LogP contribution in [0.3, 0.4) is 0 Å². The van der Waals surface area contributed by atoms with Crippen molar-refractivity contribution in [3.8, 4) is 0 Å². The molecule has 2 heterocycles. The zero-order valence-electron chi connectivity index (χ0n) is 17.3. The van der Waals surface area contributed by atoms with Crippen molar-refractivity contribution >= 4 is 34.6 Å². The minimum atomic E-state index is 0.222. The van der Waals surface area contributed by atoms with Gasteiger partial charge >= 0.3 is 0 Å². The zero-order chi connectivity index (χ0) is 19.9. The van der Waals surface area contributed by atoms with E-state index in [2.05, 4.69) is 28.5 Å². The number of likely N-dealkylation sites (tertiary alicyclic amines) is 1. The predicted octanol–water partition coefficient (Wildman–Crippen LogP) is 4.06. The van der Waals surface area contributed by atoms with Crippen LogP contribution in [0.1, 0.15) is 57.4 Å². The van der Waals surface area contributed by atoms with Crippen LogP contribution >= 0.6 is 12.2 Å². The zero-order valence-corrected chi connectivity index (χ0v) is 18.1. The standard InChI is InChI=1S/C22H34N4OS/c1-3-19-8-4-5-13-25(19)14-7-12-23-22(28)24-18-10-11-20(17(2)16-18)26-15-6-9-21(26)27/h10-11,16,19H,3-9,12-15H2,1-2H3,(H2,23,24,28)/t19-/m0/s1. The summed E-state index contributed by atoms with van der Waals surface area (Å²) >= 11 is 5.45. The van der Waals surface area contributed by atoms with E-state index in [0.717, 1.165) is 55.5 Å². The Kier molecular flexibility index (Phi) is 7.68. The van der Waals surface area contributed by atoms with Gasteiger partial charge in [0.1, 0.15) is 0 Å². The Balaban J connectivity index is 1.42. The lowest BCUT2D eigenvalue weighted by Crippen LogP contribution is -2.40. The SMILES string of the molecule is CC[C@H]1CCCCN1CCCNC(=S)Nc1ccc(N2CCCC2=O)c(C)c1. The van der Waals surface area contributed by atoms with Gasteiger partial charge in [-0.25, -0.2) is 0 Å². The van der Waals surface area contributed by atoms with Crippen molar-refractivity contribution in [1.82, 2.24) is 10.2 Å². The van der Waals surface area contributed by atoms with Crippen molar-refractivity contribution < 1.29 is 4.79 Å². The number of carbonyl (C=O) groups is 1. The summed E-state index contributed by atoms with van der Waals surface area (Å²) in [6.45, 7) is 8.44. The number of anilines is 2. The van der Waals surface area contributed by atoms with Gasteiger partial charge in [0.25, 0.3) is 0 Å². The molecule has 0 spiro atoms. The molecule has 2 N–H and O–H groups in total. The third kappa shape index (κ3) is 5.45. The van der Waals surface area contributed by atoms with Gasteiger partial charge in [-0.1, -0.05) is 13.3 Å². The van der Waals surface area contributed by atoms with E-state index in [-0.39, 0.29) is 5.91 Å². The number of hydrogen-bond donors (Lipinski definition) is 2. The van der Waals surface area contributed by atoms with Crippen LogP contribution in [0.15, 0.2) is 18.2 Å². The van der Waals surface area contributed by atoms with Crippen LogP contribution < -0.4 is 15.5 Å². The number of rotatable bonds is 7. The Morgan fingerprint density at radius 1 is 1.25 bits per heavy atom. The van der Waals surface area contributed by atoms with Gasteiger partial charge in [-0.15, -0.1) is 0 Å². The van der Waals surface area contributed by atoms with Crippen molar-refractivity contribution in [2.75, 3.05) is 36.4 Å². The number of benzene rings is 1. The van der Waals surface area contributed by atoms with E-state index < -0.39 is 0 Å². The molecule has 2 saturated heterocycles. The molecule has 28 heavy (non-hydrogen) atoms. The summed E-state index contributed by atoms with van der Waals surface area (Å²) in [5, 5.41) is 7.26. The Labute approximate surface area is 174 Å². The Morgan fingerprint density at radius 2 is 2.11 bits per heavy atom. The first-order valence-electron chi connectivity index (χ1n) is 10.8. The molecule has 0 aromatic heterocycles. The van der Waals surface area contributed by atoms with Gasteiger partial charge in [-0.05, 0) is 81.6 Å². The summed E-state index contributed by atoms with van der Waals surface area (Å²) < 4.78 is 0. The molecule has 0 radical (unpaired) electrons. The van der Waals surface area contributed by atoms with Crippen LogP contribution in [-0.2, 0) is 4.79 Å². The first-order chi connectivity index (χ1) is 13.6. The molecular weight excluding hydrogens is 368 g/mol. The summed E-state index contributed by atoms with van der Waals surface area (Å²) in [5.41, 5.74) is 3.07. The molecule has 2 fully saturated rings. The number of nitrogens with one attached hydrogen (secondary N) is 2. The summed E-state index contributed by atoms with van der Waals surface area (Å²) in [6.07, 6.45) is 8.03. The fourth-order valence-electron chi connectivity index (χ4n) is 4.41. The number of amides is 1. The number of thiocarbonyl (C=S) groups is 1. The van der Waals surface area contributed by atoms with Crippen LogP contribution in [0, 0.1) is 6.92 Å². The molecule has 1 aromatic carbocycles. The van der Waals surface area contributed by atoms with Crippen LogP contribution in [0.25, 0.3) is 0 Å². The van der Waals surface area contributed by atoms with Gasteiger partial charge < -0.3 is 20.4 Å². The molecule has 0 aliphatic carbocycles. The largest absolute Gasteiger partial charge is 0.362 e. The Morgan fingerprint density at radius 3 is 2.82 bits per heavy atom. The number of piperidine rings is 1. The van der Waals surface area contributed by atoms with Gasteiger partial charge in [0.05, 0.1) is 0 Å². The molecule has 2 aliphatic rings. The first-order valence-corrected chi connectivity index (χ1v) is 11.2. The van der Waals surface area contributed by atoms with Crippen LogP contribution in [0.2, 0.25) is 0 Å². The van der Waals surface area contributed by atoms with E-state index in [1.165, 1.54) is 32.2 Å². The molecule has 154 valence electrons. The second kappa shape index (κ2) is 10.2. The summed E-state index contributed by atoms with van der Waals surface area (Å²) in [5.74, 6) is 0.222. The fourth-order valence-corrected chi connectivity index (χ4v) is 4.63. The minimum Gasteiger partial charge on any atom is -0.362 e. The number of aryl methyl sites for hydroxylation is 1. The molecule has 0 bridgehead atoms. The highest BCUT2D eigenvalue weighted by Crippen LogP contribution is 2.27. The van der Waals surface area contributed by atoms with Gasteiger partial charge in [-0.3, -0.25) is 4.79 Å². The molecule has 1 aromatic rings. The van der Waals surface area contributed by atoms with Gasteiger partial charge in [0.2, 0.25) is 5.91 Å². The van der Waals surface area contributed by atoms with Crippen molar-refractivity contribution in [2.24, 2.45) is 0 Å². The average Bonchev–Trinajstić information content (AvgIpc) is 3.11. The lowest BCUT2D eigenvalue weighted by Gasteiger charge is -2.35. The highest BCUT2D eigenvalue weighted by Gasteiger charge is 2.23. The third-order valence-corrected chi connectivity index (χ3v) is 6.19. The highest BCUT2D eigenvalue weighted by atomic mass is 32.1. The molecule has 1 atom stereocenters. The minimum absolute atomic E-state index is 0.222. The van der Waals surface area contributed by atoms with Crippen molar-refractivity contribution in [3.63, 3.8) is 0 Å². The van der Waals surface area contributed by atoms with E-state index in [1.807, 2.05) is 24.0 Å². The first kappa shape index (κ1) is 21.1. The van der Waals surface area contributed by atoms with E-state index >= 15 is 0 Å². The quantitative estimate of drug-likeness (QED) is 0.532. The summed E-state index contributed by atoms with van der Waals surface area (Å²) in [6, 6.07) is 6.85. The molecule has 2 aliphatic heterocycles. The van der Waals surface area contributed by atoms with Crippen molar-refractivity contribution in [1.29, 1.82) is 0 Å². The average molecular weight is 403 g/mol. The predicted molar refractivity (Wildman–Crippen MR) is 121 cm³/mol. The van der Waals surface area contributed by atoms with Gasteiger partial charge in [0, 0.05) is 43.5 Å². The maximum absolute atomic E-state index is 12.0. The fraction of sp³-hybridized carbons (Fsp3) is 0.636. The molecular formula is C22H34N4OS. The second-order valence-electron chi connectivity index (χ2n) is 7.98. The number of hydrogen-bond acceptors (Lipinski definition) is 3. The number of nitrogens with zero attached hydrogens (tertiary/aromatic N) is 2. The topological polar surface area (TPSA) is 47.6 Å². The Hall–Kier alpha value is -1.66. The van der Waals surface area contributed by atoms with Crippen LogP contribution in [0.5, 0.6) is 0 Å². The van der Waals surface area contributed by atoms with Crippen LogP contribution in [0.4, 0.5) is 11.4 Å². The highest BCUT2D eigenvalue weighted by molar-refractivity contribution is 7.80. The monoisotopic (exact) mass is 402 g/mol. The van der Waals surface area contributed by atoms with Crippen molar-refractivity contribution in [3.05, 3.63) is 23.8 Å². The number of carbonyl (C=O) groups excluding carboxylic acids is 1. The van der Waals surface area contributed by atoms with Crippen molar-refractivity contribution in [2.45, 2.75) is 64.8 Å². The molecule has 0 unspecified atom stereocenters. The maximum Gasteiger partial charge on any atom is 0.227 e. The smallest absolute Gasteiger partial charge is 0.227 e. The normalized spacial score (nSPS) is 20.4. The molecule has 6 heteroatoms.